The van der Waals surface area contributed by atoms with E-state index in [0.717, 1.165) is 29.6 Å². The van der Waals surface area contributed by atoms with Crippen molar-refractivity contribution in [1.82, 2.24) is 0 Å². The van der Waals surface area contributed by atoms with Crippen LogP contribution < -0.4 is 5.73 Å². The minimum absolute atomic E-state index is 0.556. The second kappa shape index (κ2) is 4.91. The average molecular weight is 235 g/mol. The van der Waals surface area contributed by atoms with Crippen molar-refractivity contribution in [2.24, 2.45) is 35.3 Å². The summed E-state index contributed by atoms with van der Waals surface area (Å²) in [5, 5.41) is 0. The maximum Gasteiger partial charge on any atom is 0.0101 e. The number of rotatable bonds is 3. The molecular weight excluding hydrogens is 206 g/mol. The van der Waals surface area contributed by atoms with E-state index in [9.17, 15) is 0 Å². The smallest absolute Gasteiger partial charge is 0.0101 e. The summed E-state index contributed by atoms with van der Waals surface area (Å²) in [7, 11) is 0. The first-order valence-corrected chi connectivity index (χ1v) is 8.06. The van der Waals surface area contributed by atoms with Gasteiger partial charge in [0.15, 0.2) is 0 Å². The summed E-state index contributed by atoms with van der Waals surface area (Å²) in [6.45, 7) is 2.35. The average Bonchev–Trinajstić information content (AvgIpc) is 3.12. The van der Waals surface area contributed by atoms with Gasteiger partial charge in [0.05, 0.1) is 0 Å². The van der Waals surface area contributed by atoms with Crippen LogP contribution in [0.3, 0.4) is 0 Å². The highest BCUT2D eigenvalue weighted by molar-refractivity contribution is 5.05. The van der Waals surface area contributed by atoms with Crippen LogP contribution in [0.4, 0.5) is 0 Å². The fourth-order valence-corrected chi connectivity index (χ4v) is 4.91. The standard InChI is InChI=1S/C16H29N/c1-2-11-7-9-12(10-8-11)16(17)15-13-5-3-4-6-14(13)15/h11-16H,2-10,17H2,1H3. The molecule has 3 unspecified atom stereocenters. The molecular formula is C16H29N. The number of hydrogen-bond donors (Lipinski definition) is 1. The Balaban J connectivity index is 1.52. The Morgan fingerprint density at radius 3 is 2.06 bits per heavy atom. The summed E-state index contributed by atoms with van der Waals surface area (Å²) in [6, 6.07) is 0.556. The minimum atomic E-state index is 0.556. The maximum absolute atomic E-state index is 6.60. The van der Waals surface area contributed by atoms with Crippen LogP contribution in [0.25, 0.3) is 0 Å². The predicted octanol–water partition coefficient (Wildman–Crippen LogP) is 3.97. The summed E-state index contributed by atoms with van der Waals surface area (Å²) in [4.78, 5) is 0. The highest BCUT2D eigenvalue weighted by Gasteiger charge is 2.54. The monoisotopic (exact) mass is 235 g/mol. The molecule has 1 heteroatoms. The molecule has 1 nitrogen and oxygen atoms in total. The number of hydrogen-bond acceptors (Lipinski definition) is 1. The van der Waals surface area contributed by atoms with Gasteiger partial charge in [-0.05, 0) is 55.3 Å². The first-order valence-electron chi connectivity index (χ1n) is 8.06. The zero-order chi connectivity index (χ0) is 11.8. The quantitative estimate of drug-likeness (QED) is 0.787. The molecule has 2 N–H and O–H groups in total. The van der Waals surface area contributed by atoms with Crippen molar-refractivity contribution in [2.75, 3.05) is 0 Å². The van der Waals surface area contributed by atoms with Gasteiger partial charge in [-0.15, -0.1) is 0 Å². The molecule has 0 bridgehead atoms. The largest absolute Gasteiger partial charge is 0.327 e. The third kappa shape index (κ3) is 2.28. The van der Waals surface area contributed by atoms with E-state index in [1.165, 1.54) is 57.8 Å². The van der Waals surface area contributed by atoms with Gasteiger partial charge < -0.3 is 5.73 Å². The van der Waals surface area contributed by atoms with Gasteiger partial charge in [-0.2, -0.15) is 0 Å². The molecule has 3 aliphatic rings. The van der Waals surface area contributed by atoms with Gasteiger partial charge in [0.25, 0.3) is 0 Å². The van der Waals surface area contributed by atoms with Gasteiger partial charge in [0, 0.05) is 6.04 Å². The molecule has 3 fully saturated rings. The van der Waals surface area contributed by atoms with Gasteiger partial charge in [0.1, 0.15) is 0 Å². The number of fused-ring (bicyclic) bond motifs is 1. The molecule has 0 spiro atoms. The Morgan fingerprint density at radius 1 is 0.941 bits per heavy atom. The topological polar surface area (TPSA) is 26.0 Å². The van der Waals surface area contributed by atoms with Crippen LogP contribution in [0.5, 0.6) is 0 Å². The molecule has 0 aromatic heterocycles. The first-order chi connectivity index (χ1) is 8.31. The lowest BCUT2D eigenvalue weighted by molar-refractivity contribution is 0.221. The molecule has 0 aromatic carbocycles. The highest BCUT2D eigenvalue weighted by atomic mass is 14.8. The van der Waals surface area contributed by atoms with E-state index in [0.29, 0.717) is 6.04 Å². The molecule has 3 aliphatic carbocycles. The Kier molecular flexibility index (Phi) is 3.47. The Hall–Kier alpha value is -0.0400. The maximum atomic E-state index is 6.60. The van der Waals surface area contributed by atoms with Crippen molar-refractivity contribution >= 4 is 0 Å². The van der Waals surface area contributed by atoms with Crippen LogP contribution in [0.15, 0.2) is 0 Å². The summed E-state index contributed by atoms with van der Waals surface area (Å²) < 4.78 is 0. The number of nitrogens with two attached hydrogens (primary N) is 1. The van der Waals surface area contributed by atoms with Gasteiger partial charge >= 0.3 is 0 Å². The van der Waals surface area contributed by atoms with Crippen molar-refractivity contribution in [3.05, 3.63) is 0 Å². The molecule has 0 aliphatic heterocycles. The van der Waals surface area contributed by atoms with Crippen LogP contribution in [0.2, 0.25) is 0 Å². The van der Waals surface area contributed by atoms with E-state index in [-0.39, 0.29) is 0 Å². The van der Waals surface area contributed by atoms with E-state index in [1.807, 2.05) is 0 Å². The third-order valence-electron chi connectivity index (χ3n) is 6.18. The van der Waals surface area contributed by atoms with Gasteiger partial charge in [-0.25, -0.2) is 0 Å². The Morgan fingerprint density at radius 2 is 1.53 bits per heavy atom. The van der Waals surface area contributed by atoms with E-state index in [2.05, 4.69) is 6.92 Å². The molecule has 3 rings (SSSR count). The van der Waals surface area contributed by atoms with Crippen LogP contribution in [-0.2, 0) is 0 Å². The lowest BCUT2D eigenvalue weighted by atomic mass is 9.76. The Labute approximate surface area is 107 Å². The molecule has 0 heterocycles. The minimum Gasteiger partial charge on any atom is -0.327 e. The Bertz CT molecular complexity index is 242. The molecule has 0 radical (unpaired) electrons. The van der Waals surface area contributed by atoms with Crippen LogP contribution >= 0.6 is 0 Å². The van der Waals surface area contributed by atoms with Crippen molar-refractivity contribution < 1.29 is 0 Å². The SMILES string of the molecule is CCC1CCC(C(N)C2C3CCCCC32)CC1. The third-order valence-corrected chi connectivity index (χ3v) is 6.18. The normalized spacial score (nSPS) is 47.3. The summed E-state index contributed by atoms with van der Waals surface area (Å²) in [5.41, 5.74) is 6.60. The van der Waals surface area contributed by atoms with E-state index < -0.39 is 0 Å². The first kappa shape index (κ1) is 12.0. The lowest BCUT2D eigenvalue weighted by Crippen LogP contribution is -2.35. The van der Waals surface area contributed by atoms with Crippen molar-refractivity contribution in [3.8, 4) is 0 Å². The molecule has 17 heavy (non-hydrogen) atoms. The zero-order valence-corrected chi connectivity index (χ0v) is 11.4. The molecule has 3 atom stereocenters. The summed E-state index contributed by atoms with van der Waals surface area (Å²) >= 11 is 0. The van der Waals surface area contributed by atoms with Crippen molar-refractivity contribution in [2.45, 2.75) is 70.8 Å². The molecule has 3 saturated carbocycles. The zero-order valence-electron chi connectivity index (χ0n) is 11.4. The van der Waals surface area contributed by atoms with Crippen molar-refractivity contribution in [1.29, 1.82) is 0 Å². The van der Waals surface area contributed by atoms with E-state index in [4.69, 9.17) is 5.73 Å². The van der Waals surface area contributed by atoms with Crippen LogP contribution in [-0.4, -0.2) is 6.04 Å². The second-order valence-electron chi connectivity index (χ2n) is 6.96. The molecule has 0 saturated heterocycles. The van der Waals surface area contributed by atoms with Gasteiger partial charge in [-0.3, -0.25) is 0 Å². The van der Waals surface area contributed by atoms with Gasteiger partial charge in [0.2, 0.25) is 0 Å². The lowest BCUT2D eigenvalue weighted by Gasteiger charge is -2.32. The van der Waals surface area contributed by atoms with Gasteiger partial charge in [-0.1, -0.05) is 39.0 Å². The molecule has 0 amide bonds. The van der Waals surface area contributed by atoms with E-state index >= 15 is 0 Å². The fraction of sp³-hybridized carbons (Fsp3) is 1.00. The van der Waals surface area contributed by atoms with Crippen molar-refractivity contribution in [3.63, 3.8) is 0 Å². The van der Waals surface area contributed by atoms with E-state index in [1.54, 1.807) is 0 Å². The fourth-order valence-electron chi connectivity index (χ4n) is 4.91. The molecule has 98 valence electrons. The van der Waals surface area contributed by atoms with Crippen LogP contribution in [0.1, 0.15) is 64.7 Å². The van der Waals surface area contributed by atoms with Crippen LogP contribution in [0, 0.1) is 29.6 Å². The second-order valence-corrected chi connectivity index (χ2v) is 6.96. The summed E-state index contributed by atoms with van der Waals surface area (Å²) in [6.07, 6.45) is 13.1. The predicted molar refractivity (Wildman–Crippen MR) is 72.7 cm³/mol. The highest BCUT2D eigenvalue weighted by Crippen LogP contribution is 2.58. The summed E-state index contributed by atoms with van der Waals surface area (Å²) in [5.74, 6) is 4.90. The molecule has 0 aromatic rings.